The molecule has 3 N–H and O–H groups in total. The zero-order chi connectivity index (χ0) is 25.2. The van der Waals surface area contributed by atoms with E-state index in [1.165, 1.54) is 7.11 Å². The zero-order valence-electron chi connectivity index (χ0n) is 20.5. The molecule has 1 aromatic carbocycles. The van der Waals surface area contributed by atoms with Crippen molar-refractivity contribution in [1.82, 2.24) is 21.0 Å². The average Bonchev–Trinajstić information content (AvgIpc) is 2.81. The van der Waals surface area contributed by atoms with Crippen LogP contribution in [0.1, 0.15) is 57.1 Å². The minimum absolute atomic E-state index is 0.162. The lowest BCUT2D eigenvalue weighted by molar-refractivity contribution is -0.179. The first-order valence-corrected chi connectivity index (χ1v) is 11.7. The third kappa shape index (κ3) is 12.9. The third-order valence-electron chi connectivity index (χ3n) is 4.79. The Morgan fingerprint density at radius 2 is 1.44 bits per heavy atom. The summed E-state index contributed by atoms with van der Waals surface area (Å²) in [6.07, 6.45) is 3.41. The number of nitrogens with one attached hydrogen (secondary N) is 3. The normalized spacial score (nSPS) is 10.4. The van der Waals surface area contributed by atoms with E-state index in [2.05, 4.69) is 16.0 Å². The first kappa shape index (κ1) is 29.1. The van der Waals surface area contributed by atoms with Gasteiger partial charge >= 0.3 is 0 Å². The molecule has 1 rings (SSSR count). The van der Waals surface area contributed by atoms with Crippen LogP contribution in [0.25, 0.3) is 0 Å². The lowest BCUT2D eigenvalue weighted by Gasteiger charge is -2.20. The maximum atomic E-state index is 12.4. The number of hydrogen-bond acceptors (Lipinski definition) is 6. The molecule has 0 unspecified atom stereocenters. The number of rotatable bonds is 17. The summed E-state index contributed by atoms with van der Waals surface area (Å²) in [5, 5.41) is 9.29. The Balaban J connectivity index is 2.44. The van der Waals surface area contributed by atoms with Crippen LogP contribution in [-0.4, -0.2) is 62.1 Å². The molecule has 10 nitrogen and oxygen atoms in total. The SMILES string of the molecule is CCCCNC(=O)COCC(=O)NCc1cccc(CN(OC)C(=O)CC(=O)NCCCC)c1. The van der Waals surface area contributed by atoms with Gasteiger partial charge in [-0.2, -0.15) is 0 Å². The summed E-state index contributed by atoms with van der Waals surface area (Å²) >= 11 is 0. The molecule has 190 valence electrons. The molecular formula is C24H38N4O6. The van der Waals surface area contributed by atoms with Gasteiger partial charge in [0.1, 0.15) is 19.6 Å². The van der Waals surface area contributed by atoms with E-state index in [9.17, 15) is 19.2 Å². The quantitative estimate of drug-likeness (QED) is 0.177. The highest BCUT2D eigenvalue weighted by atomic mass is 16.7. The maximum absolute atomic E-state index is 12.4. The second kappa shape index (κ2) is 17.5. The first-order chi connectivity index (χ1) is 16.4. The topological polar surface area (TPSA) is 126 Å². The van der Waals surface area contributed by atoms with Gasteiger partial charge in [-0.15, -0.1) is 0 Å². The van der Waals surface area contributed by atoms with E-state index in [0.29, 0.717) is 13.1 Å². The van der Waals surface area contributed by atoms with Gasteiger partial charge in [-0.3, -0.25) is 24.0 Å². The van der Waals surface area contributed by atoms with Crippen LogP contribution in [0, 0.1) is 0 Å². The predicted octanol–water partition coefficient (Wildman–Crippen LogP) is 1.43. The molecule has 0 bridgehead atoms. The van der Waals surface area contributed by atoms with Gasteiger partial charge < -0.3 is 20.7 Å². The summed E-state index contributed by atoms with van der Waals surface area (Å²) in [6, 6.07) is 7.31. The molecule has 1 aromatic rings. The number of hydroxylamine groups is 2. The molecule has 0 spiro atoms. The van der Waals surface area contributed by atoms with Crippen LogP contribution in [0.15, 0.2) is 24.3 Å². The van der Waals surface area contributed by atoms with Crippen LogP contribution >= 0.6 is 0 Å². The van der Waals surface area contributed by atoms with Gasteiger partial charge in [0, 0.05) is 19.6 Å². The summed E-state index contributed by atoms with van der Waals surface area (Å²) in [6.45, 7) is 5.24. The van der Waals surface area contributed by atoms with Crippen LogP contribution in [0.5, 0.6) is 0 Å². The molecule has 0 aliphatic carbocycles. The van der Waals surface area contributed by atoms with Crippen LogP contribution in [-0.2, 0) is 41.8 Å². The van der Waals surface area contributed by atoms with Gasteiger partial charge in [-0.05, 0) is 24.0 Å². The molecule has 0 aliphatic rings. The first-order valence-electron chi connectivity index (χ1n) is 11.7. The number of ether oxygens (including phenoxy) is 1. The lowest BCUT2D eigenvalue weighted by atomic mass is 10.1. The van der Waals surface area contributed by atoms with Gasteiger partial charge in [-0.25, -0.2) is 5.06 Å². The van der Waals surface area contributed by atoms with Gasteiger partial charge in [0.05, 0.1) is 13.7 Å². The predicted molar refractivity (Wildman–Crippen MR) is 127 cm³/mol. The van der Waals surface area contributed by atoms with E-state index < -0.39 is 5.91 Å². The standard InChI is InChI=1S/C24H38N4O6/c1-4-6-11-25-21(29)14-24(32)28(33-3)16-20-10-8-9-19(13-20)15-27-23(31)18-34-17-22(30)26-12-7-5-2/h8-10,13H,4-7,11-12,14-18H2,1-3H3,(H,25,29)(H,26,30)(H,27,31). The fraction of sp³-hybridized carbons (Fsp3) is 0.583. The zero-order valence-corrected chi connectivity index (χ0v) is 20.5. The Morgan fingerprint density at radius 1 is 0.853 bits per heavy atom. The van der Waals surface area contributed by atoms with E-state index >= 15 is 0 Å². The van der Waals surface area contributed by atoms with Crippen molar-refractivity contribution in [1.29, 1.82) is 0 Å². The Bertz CT molecular complexity index is 786. The van der Waals surface area contributed by atoms with Gasteiger partial charge in [0.15, 0.2) is 0 Å². The second-order valence-corrected chi connectivity index (χ2v) is 7.79. The summed E-state index contributed by atoms with van der Waals surface area (Å²) < 4.78 is 5.14. The second-order valence-electron chi connectivity index (χ2n) is 7.79. The Labute approximate surface area is 201 Å². The molecule has 0 saturated heterocycles. The highest BCUT2D eigenvalue weighted by Crippen LogP contribution is 2.10. The summed E-state index contributed by atoms with van der Waals surface area (Å²) in [5.74, 6) is -1.36. The average molecular weight is 479 g/mol. The summed E-state index contributed by atoms with van der Waals surface area (Å²) in [7, 11) is 1.38. The Hall–Kier alpha value is -2.98. The number of unbranched alkanes of at least 4 members (excludes halogenated alkanes) is 2. The summed E-state index contributed by atoms with van der Waals surface area (Å²) in [5.41, 5.74) is 1.61. The minimum Gasteiger partial charge on any atom is -0.362 e. The molecule has 0 heterocycles. The van der Waals surface area contributed by atoms with Crippen molar-refractivity contribution in [3.8, 4) is 0 Å². The van der Waals surface area contributed by atoms with Crippen molar-refractivity contribution in [2.75, 3.05) is 33.4 Å². The van der Waals surface area contributed by atoms with Crippen molar-refractivity contribution in [3.05, 3.63) is 35.4 Å². The van der Waals surface area contributed by atoms with Gasteiger partial charge in [0.25, 0.3) is 5.91 Å². The van der Waals surface area contributed by atoms with Crippen LogP contribution in [0.4, 0.5) is 0 Å². The number of carbonyl (C=O) groups is 4. The van der Waals surface area contributed by atoms with Crippen LogP contribution in [0.3, 0.4) is 0 Å². The van der Waals surface area contributed by atoms with Crippen molar-refractivity contribution >= 4 is 23.6 Å². The molecule has 0 fully saturated rings. The molecule has 0 aromatic heterocycles. The molecule has 0 aliphatic heterocycles. The molecular weight excluding hydrogens is 440 g/mol. The third-order valence-corrected chi connectivity index (χ3v) is 4.79. The molecule has 0 atom stereocenters. The molecule has 34 heavy (non-hydrogen) atoms. The van der Waals surface area contributed by atoms with E-state index in [-0.39, 0.29) is 50.4 Å². The van der Waals surface area contributed by atoms with E-state index in [0.717, 1.165) is 41.9 Å². The Kier molecular flexibility index (Phi) is 14.9. The Morgan fingerprint density at radius 3 is 2.06 bits per heavy atom. The fourth-order valence-corrected chi connectivity index (χ4v) is 2.89. The lowest BCUT2D eigenvalue weighted by Crippen LogP contribution is -2.35. The van der Waals surface area contributed by atoms with Crippen LogP contribution in [0.2, 0.25) is 0 Å². The number of nitrogens with zero attached hydrogens (tertiary/aromatic N) is 1. The van der Waals surface area contributed by atoms with Crippen molar-refractivity contribution in [2.24, 2.45) is 0 Å². The minimum atomic E-state index is -0.439. The highest BCUT2D eigenvalue weighted by molar-refractivity contribution is 5.96. The smallest absolute Gasteiger partial charge is 0.255 e. The molecule has 10 heteroatoms. The molecule has 0 radical (unpaired) electrons. The maximum Gasteiger partial charge on any atom is 0.255 e. The molecule has 0 saturated carbocycles. The number of carbonyl (C=O) groups excluding carboxylic acids is 4. The fourth-order valence-electron chi connectivity index (χ4n) is 2.89. The van der Waals surface area contributed by atoms with E-state index in [1.54, 1.807) is 0 Å². The monoisotopic (exact) mass is 478 g/mol. The van der Waals surface area contributed by atoms with E-state index in [4.69, 9.17) is 9.57 Å². The van der Waals surface area contributed by atoms with Crippen LogP contribution < -0.4 is 16.0 Å². The number of benzene rings is 1. The van der Waals surface area contributed by atoms with Crippen molar-refractivity contribution < 1.29 is 28.8 Å². The van der Waals surface area contributed by atoms with Gasteiger partial charge in [0.2, 0.25) is 17.7 Å². The van der Waals surface area contributed by atoms with E-state index in [1.807, 2.05) is 38.1 Å². The number of amides is 4. The summed E-state index contributed by atoms with van der Waals surface area (Å²) in [4.78, 5) is 53.0. The van der Waals surface area contributed by atoms with Crippen molar-refractivity contribution in [3.63, 3.8) is 0 Å². The van der Waals surface area contributed by atoms with Crippen molar-refractivity contribution in [2.45, 2.75) is 59.0 Å². The number of hydrogen-bond donors (Lipinski definition) is 3. The largest absolute Gasteiger partial charge is 0.362 e. The highest BCUT2D eigenvalue weighted by Gasteiger charge is 2.18. The van der Waals surface area contributed by atoms with Gasteiger partial charge in [-0.1, -0.05) is 51.0 Å². The molecule has 4 amide bonds.